The van der Waals surface area contributed by atoms with Crippen molar-refractivity contribution in [1.82, 2.24) is 9.97 Å². The number of hydrogen-bond acceptors (Lipinski definition) is 4. The second-order valence-corrected chi connectivity index (χ2v) is 5.19. The zero-order valence-electron chi connectivity index (χ0n) is 12.8. The topological polar surface area (TPSA) is 41.1 Å². The summed E-state index contributed by atoms with van der Waals surface area (Å²) < 4.78 is 0. The third-order valence-electron chi connectivity index (χ3n) is 3.72. The van der Waals surface area contributed by atoms with Crippen LogP contribution >= 0.6 is 0 Å². The molecule has 0 spiro atoms. The molecule has 0 aliphatic rings. The minimum absolute atomic E-state index is 0.654. The Balaban J connectivity index is 2.49. The number of para-hydroxylation sites is 1. The normalized spacial score (nSPS) is 12.4. The molecule has 0 aliphatic carbocycles. The lowest BCUT2D eigenvalue weighted by atomic mass is 10.1. The van der Waals surface area contributed by atoms with Crippen LogP contribution in [0.2, 0.25) is 0 Å². The van der Waals surface area contributed by atoms with Crippen LogP contribution in [0.15, 0.2) is 24.3 Å². The number of aromatic nitrogens is 2. The molecule has 108 valence electrons. The summed E-state index contributed by atoms with van der Waals surface area (Å²) in [6, 6.07) is 8.21. The van der Waals surface area contributed by atoms with Crippen LogP contribution in [-0.2, 0) is 0 Å². The van der Waals surface area contributed by atoms with Crippen molar-refractivity contribution in [3.8, 4) is 0 Å². The molecule has 2 aromatic rings. The SMILES string of the molecule is CCC(C)CN(CC)c1nc(NC)nc2ccccc12. The lowest BCUT2D eigenvalue weighted by Gasteiger charge is -2.26. The van der Waals surface area contributed by atoms with E-state index in [1.165, 1.54) is 6.42 Å². The van der Waals surface area contributed by atoms with Crippen molar-refractivity contribution in [3.05, 3.63) is 24.3 Å². The molecule has 4 nitrogen and oxygen atoms in total. The average Bonchev–Trinajstić information content (AvgIpc) is 2.51. The first-order valence-corrected chi connectivity index (χ1v) is 7.39. The Hall–Kier alpha value is -1.84. The van der Waals surface area contributed by atoms with Crippen LogP contribution in [0.25, 0.3) is 10.9 Å². The van der Waals surface area contributed by atoms with E-state index in [0.717, 1.165) is 29.8 Å². The maximum absolute atomic E-state index is 4.68. The van der Waals surface area contributed by atoms with Crippen molar-refractivity contribution < 1.29 is 0 Å². The molecule has 1 heterocycles. The van der Waals surface area contributed by atoms with Crippen LogP contribution < -0.4 is 10.2 Å². The van der Waals surface area contributed by atoms with Crippen LogP contribution in [0, 0.1) is 5.92 Å². The number of hydrogen-bond donors (Lipinski definition) is 1. The highest BCUT2D eigenvalue weighted by atomic mass is 15.2. The zero-order chi connectivity index (χ0) is 14.5. The highest BCUT2D eigenvalue weighted by Crippen LogP contribution is 2.26. The third-order valence-corrected chi connectivity index (χ3v) is 3.72. The summed E-state index contributed by atoms with van der Waals surface area (Å²) in [7, 11) is 1.86. The van der Waals surface area contributed by atoms with Gasteiger partial charge in [0.25, 0.3) is 0 Å². The van der Waals surface area contributed by atoms with Crippen LogP contribution in [0.3, 0.4) is 0 Å². The number of anilines is 2. The van der Waals surface area contributed by atoms with Gasteiger partial charge in [0, 0.05) is 25.5 Å². The van der Waals surface area contributed by atoms with Gasteiger partial charge in [-0.05, 0) is 25.0 Å². The number of benzene rings is 1. The van der Waals surface area contributed by atoms with Gasteiger partial charge in [-0.1, -0.05) is 32.4 Å². The maximum atomic E-state index is 4.68. The average molecular weight is 272 g/mol. The second kappa shape index (κ2) is 6.55. The van der Waals surface area contributed by atoms with E-state index in [-0.39, 0.29) is 0 Å². The monoisotopic (exact) mass is 272 g/mol. The number of nitrogens with one attached hydrogen (secondary N) is 1. The molecule has 0 saturated carbocycles. The molecule has 0 amide bonds. The Morgan fingerprint density at radius 1 is 1.20 bits per heavy atom. The molecular formula is C16H24N4. The second-order valence-electron chi connectivity index (χ2n) is 5.19. The van der Waals surface area contributed by atoms with Gasteiger partial charge in [0.2, 0.25) is 5.95 Å². The molecule has 2 rings (SSSR count). The fourth-order valence-corrected chi connectivity index (χ4v) is 2.28. The van der Waals surface area contributed by atoms with Crippen molar-refractivity contribution in [1.29, 1.82) is 0 Å². The number of fused-ring (bicyclic) bond motifs is 1. The minimum Gasteiger partial charge on any atom is -0.357 e. The van der Waals surface area contributed by atoms with Gasteiger partial charge in [-0.25, -0.2) is 4.98 Å². The summed E-state index contributed by atoms with van der Waals surface area (Å²) in [4.78, 5) is 11.5. The fraction of sp³-hybridized carbons (Fsp3) is 0.500. The molecule has 1 aromatic carbocycles. The van der Waals surface area contributed by atoms with E-state index >= 15 is 0 Å². The van der Waals surface area contributed by atoms with Crippen LogP contribution in [0.4, 0.5) is 11.8 Å². The van der Waals surface area contributed by atoms with E-state index in [4.69, 9.17) is 0 Å². The maximum Gasteiger partial charge on any atom is 0.224 e. The largest absolute Gasteiger partial charge is 0.357 e. The summed E-state index contributed by atoms with van der Waals surface area (Å²) in [5.41, 5.74) is 0.990. The summed E-state index contributed by atoms with van der Waals surface area (Å²) in [5, 5.41) is 4.18. The lowest BCUT2D eigenvalue weighted by Crippen LogP contribution is -2.29. The predicted molar refractivity (Wildman–Crippen MR) is 86.4 cm³/mol. The van der Waals surface area contributed by atoms with Gasteiger partial charge >= 0.3 is 0 Å². The van der Waals surface area contributed by atoms with E-state index in [1.807, 2.05) is 25.2 Å². The molecule has 4 heteroatoms. The van der Waals surface area contributed by atoms with Gasteiger partial charge in [-0.3, -0.25) is 0 Å². The van der Waals surface area contributed by atoms with Crippen molar-refractivity contribution in [3.63, 3.8) is 0 Å². The smallest absolute Gasteiger partial charge is 0.224 e. The number of rotatable bonds is 6. The molecule has 0 saturated heterocycles. The Morgan fingerprint density at radius 2 is 1.95 bits per heavy atom. The molecule has 0 radical (unpaired) electrons. The molecule has 1 atom stereocenters. The Kier molecular flexibility index (Phi) is 4.77. The molecule has 0 fully saturated rings. The zero-order valence-corrected chi connectivity index (χ0v) is 12.8. The number of nitrogens with zero attached hydrogens (tertiary/aromatic N) is 3. The molecule has 20 heavy (non-hydrogen) atoms. The summed E-state index contributed by atoms with van der Waals surface area (Å²) in [5.74, 6) is 2.37. The first kappa shape index (κ1) is 14.6. The minimum atomic E-state index is 0.654. The lowest BCUT2D eigenvalue weighted by molar-refractivity contribution is 0.546. The summed E-state index contributed by atoms with van der Waals surface area (Å²) >= 11 is 0. The van der Waals surface area contributed by atoms with Crippen molar-refractivity contribution in [2.45, 2.75) is 27.2 Å². The molecule has 0 bridgehead atoms. The highest BCUT2D eigenvalue weighted by Gasteiger charge is 2.14. The van der Waals surface area contributed by atoms with Crippen molar-refractivity contribution in [2.24, 2.45) is 5.92 Å². The summed E-state index contributed by atoms with van der Waals surface area (Å²) in [6.07, 6.45) is 1.18. The van der Waals surface area contributed by atoms with E-state index in [0.29, 0.717) is 11.9 Å². The third kappa shape index (κ3) is 3.00. The Labute approximate surface area is 121 Å². The van der Waals surface area contributed by atoms with Gasteiger partial charge in [0.1, 0.15) is 5.82 Å². The van der Waals surface area contributed by atoms with Crippen LogP contribution in [-0.4, -0.2) is 30.1 Å². The van der Waals surface area contributed by atoms with E-state index < -0.39 is 0 Å². The first-order valence-electron chi connectivity index (χ1n) is 7.39. The molecule has 1 aromatic heterocycles. The summed E-state index contributed by atoms with van der Waals surface area (Å²) in [6.45, 7) is 8.67. The predicted octanol–water partition coefficient (Wildman–Crippen LogP) is 3.54. The fourth-order valence-electron chi connectivity index (χ4n) is 2.28. The molecule has 1 N–H and O–H groups in total. The molecule has 0 aliphatic heterocycles. The Bertz CT molecular complexity index is 567. The quantitative estimate of drug-likeness (QED) is 0.873. The standard InChI is InChI=1S/C16H24N4/c1-5-12(3)11-20(6-2)15-13-9-7-8-10-14(13)18-16(17-4)19-15/h7-10,12H,5-6,11H2,1-4H3,(H,17,18,19). The van der Waals surface area contributed by atoms with Crippen molar-refractivity contribution >= 4 is 22.7 Å². The van der Waals surface area contributed by atoms with Gasteiger partial charge in [0.15, 0.2) is 0 Å². The van der Waals surface area contributed by atoms with Gasteiger partial charge < -0.3 is 10.2 Å². The Morgan fingerprint density at radius 3 is 2.60 bits per heavy atom. The van der Waals surface area contributed by atoms with E-state index in [2.05, 4.69) is 47.0 Å². The van der Waals surface area contributed by atoms with E-state index in [1.54, 1.807) is 0 Å². The van der Waals surface area contributed by atoms with Gasteiger partial charge in [-0.2, -0.15) is 4.98 Å². The van der Waals surface area contributed by atoms with E-state index in [9.17, 15) is 0 Å². The van der Waals surface area contributed by atoms with Gasteiger partial charge in [0.05, 0.1) is 5.52 Å². The van der Waals surface area contributed by atoms with Crippen LogP contribution in [0.5, 0.6) is 0 Å². The first-order chi connectivity index (χ1) is 9.69. The highest BCUT2D eigenvalue weighted by molar-refractivity contribution is 5.90. The molecule has 1 unspecified atom stereocenters. The van der Waals surface area contributed by atoms with Crippen LogP contribution in [0.1, 0.15) is 27.2 Å². The molecular weight excluding hydrogens is 248 g/mol. The van der Waals surface area contributed by atoms with Gasteiger partial charge in [-0.15, -0.1) is 0 Å². The van der Waals surface area contributed by atoms with Crippen molar-refractivity contribution in [2.75, 3.05) is 30.4 Å².